The maximum atomic E-state index is 15.7. The van der Waals surface area contributed by atoms with E-state index in [9.17, 15) is 0 Å². The van der Waals surface area contributed by atoms with E-state index in [1.165, 1.54) is 18.2 Å². The van der Waals surface area contributed by atoms with Crippen molar-refractivity contribution in [2.45, 2.75) is 0 Å². The SMILES string of the molecule is [C-]#[N+]/C(C#N)=c1\nc2c(F)c3c(F)c(F)c4c(F)c5nc(=C(C#N)C#N)[se]c5c(F)c4c3c(F)c2[se]1. The summed E-state index contributed by atoms with van der Waals surface area (Å²) in [7, 11) is 0. The molecule has 0 fully saturated rings. The number of rotatable bonds is 0. The van der Waals surface area contributed by atoms with Crippen molar-refractivity contribution in [3.63, 3.8) is 0 Å². The Morgan fingerprint density at radius 3 is 1.50 bits per heavy atom. The van der Waals surface area contributed by atoms with E-state index in [0.29, 0.717) is 0 Å². The zero-order valence-electron chi connectivity index (χ0n) is 16.8. The summed E-state index contributed by atoms with van der Waals surface area (Å²) in [5.74, 6) is -9.95. The van der Waals surface area contributed by atoms with Crippen molar-refractivity contribution in [3.05, 3.63) is 54.8 Å². The summed E-state index contributed by atoms with van der Waals surface area (Å²) >= 11 is -2.54. The molecule has 0 atom stereocenters. The first-order valence-electron chi connectivity index (χ1n) is 9.21. The van der Waals surface area contributed by atoms with Gasteiger partial charge in [0.15, 0.2) is 0 Å². The Morgan fingerprint density at radius 1 is 0.639 bits per heavy atom. The van der Waals surface area contributed by atoms with Crippen LogP contribution in [0.15, 0.2) is 0 Å². The molecule has 0 saturated carbocycles. The second-order valence-corrected chi connectivity index (χ2v) is 11.1. The number of hydrogen-bond acceptors (Lipinski definition) is 5. The van der Waals surface area contributed by atoms with Crippen molar-refractivity contribution in [2.75, 3.05) is 0 Å². The number of benzene rings is 3. The third-order valence-corrected chi connectivity index (χ3v) is 9.63. The molecule has 0 aliphatic rings. The van der Waals surface area contributed by atoms with Gasteiger partial charge >= 0.3 is 206 Å². The van der Waals surface area contributed by atoms with Gasteiger partial charge in [0.2, 0.25) is 0 Å². The van der Waals surface area contributed by atoms with Crippen molar-refractivity contribution < 1.29 is 26.3 Å². The number of nitrogens with zero attached hydrogens (tertiary/aromatic N) is 6. The molecule has 5 aromatic rings. The van der Waals surface area contributed by atoms with Crippen LogP contribution in [0.25, 0.3) is 57.2 Å². The van der Waals surface area contributed by atoms with Gasteiger partial charge in [0, 0.05) is 0 Å². The van der Waals surface area contributed by atoms with E-state index in [2.05, 4.69) is 14.8 Å². The predicted octanol–water partition coefficient (Wildman–Crippen LogP) is 2.79. The molecule has 5 rings (SSSR count). The standard InChI is InChI=1S/C22F6N6Se2/c1-32-6(4-31)22-34-18-14(26)10-8(16(28)20(18)36-22)7-9(11(23)12(10)24)13(25)17-19(15(7)27)35-21(33-17)5(2-29)3-30/b22-6+. The van der Waals surface area contributed by atoms with E-state index < -0.39 is 116 Å². The van der Waals surface area contributed by atoms with Crippen LogP contribution in [0.1, 0.15) is 0 Å². The van der Waals surface area contributed by atoms with Gasteiger partial charge in [-0.15, -0.1) is 0 Å². The molecule has 0 amide bonds. The van der Waals surface area contributed by atoms with Crippen LogP contribution < -0.4 is 8.45 Å². The summed E-state index contributed by atoms with van der Waals surface area (Å²) < 4.78 is 90.8. The van der Waals surface area contributed by atoms with Gasteiger partial charge in [0.25, 0.3) is 0 Å². The van der Waals surface area contributed by atoms with Crippen molar-refractivity contribution >= 4 is 81.4 Å². The summed E-state index contributed by atoms with van der Waals surface area (Å²) in [5.41, 5.74) is -2.63. The molecule has 6 nitrogen and oxygen atoms in total. The third-order valence-electron chi connectivity index (χ3n) is 5.19. The molecule has 0 spiro atoms. The molecular weight excluding hydrogens is 620 g/mol. The molecule has 0 radical (unpaired) electrons. The minimum atomic E-state index is -2.01. The van der Waals surface area contributed by atoms with E-state index >= 15 is 26.3 Å². The van der Waals surface area contributed by atoms with E-state index in [0.717, 1.165) is 0 Å². The van der Waals surface area contributed by atoms with Gasteiger partial charge in [-0.1, -0.05) is 0 Å². The van der Waals surface area contributed by atoms with Crippen molar-refractivity contribution in [2.24, 2.45) is 0 Å². The second kappa shape index (κ2) is 8.21. The molecule has 0 N–H and O–H groups in total. The van der Waals surface area contributed by atoms with Crippen LogP contribution in [0.4, 0.5) is 26.3 Å². The minimum absolute atomic E-state index is 0.265. The number of nitriles is 3. The van der Waals surface area contributed by atoms with Crippen LogP contribution in [0.2, 0.25) is 0 Å². The van der Waals surface area contributed by atoms with Crippen molar-refractivity contribution in [3.8, 4) is 18.2 Å². The average Bonchev–Trinajstić information content (AvgIpc) is 3.50. The molecule has 172 valence electrons. The first kappa shape index (κ1) is 23.6. The molecule has 14 heteroatoms. The number of hydrogen-bond donors (Lipinski definition) is 0. The first-order valence-corrected chi connectivity index (χ1v) is 12.6. The number of aromatic nitrogens is 2. The zero-order valence-corrected chi connectivity index (χ0v) is 20.2. The van der Waals surface area contributed by atoms with Gasteiger partial charge in [-0.05, 0) is 0 Å². The Morgan fingerprint density at radius 2 is 1.08 bits per heavy atom. The Bertz CT molecular complexity index is 1980. The molecule has 0 saturated heterocycles. The maximum absolute atomic E-state index is 15.7. The first-order chi connectivity index (χ1) is 17.2. The van der Waals surface area contributed by atoms with Crippen LogP contribution in [0.5, 0.6) is 0 Å². The fourth-order valence-electron chi connectivity index (χ4n) is 3.69. The molecule has 36 heavy (non-hydrogen) atoms. The molecule has 2 aromatic heterocycles. The Labute approximate surface area is 206 Å². The molecule has 3 aromatic carbocycles. The summed E-state index contributed by atoms with van der Waals surface area (Å²) in [5, 5.41) is 22.4. The molecule has 0 unspecified atom stereocenters. The Kier molecular flexibility index (Phi) is 5.37. The topological polar surface area (TPSA) is 102 Å². The Hall–Kier alpha value is -4.16. The summed E-state index contributed by atoms with van der Waals surface area (Å²) in [4.78, 5) is 10.4. The van der Waals surface area contributed by atoms with Crippen LogP contribution >= 0.6 is 0 Å². The molecule has 0 bridgehead atoms. The van der Waals surface area contributed by atoms with Crippen LogP contribution in [0.3, 0.4) is 0 Å². The van der Waals surface area contributed by atoms with Crippen LogP contribution in [-0.4, -0.2) is 39.0 Å². The molecule has 0 aliphatic carbocycles. The van der Waals surface area contributed by atoms with Gasteiger partial charge in [-0.25, -0.2) is 0 Å². The van der Waals surface area contributed by atoms with Gasteiger partial charge in [0.05, 0.1) is 0 Å². The van der Waals surface area contributed by atoms with Gasteiger partial charge < -0.3 is 0 Å². The van der Waals surface area contributed by atoms with E-state index in [4.69, 9.17) is 22.4 Å². The fourth-order valence-corrected chi connectivity index (χ4v) is 7.65. The van der Waals surface area contributed by atoms with Crippen molar-refractivity contribution in [1.29, 1.82) is 15.8 Å². The van der Waals surface area contributed by atoms with Gasteiger partial charge in [-0.3, -0.25) is 0 Å². The summed E-state index contributed by atoms with van der Waals surface area (Å²) in [6.45, 7) is 7.01. The predicted molar refractivity (Wildman–Crippen MR) is 115 cm³/mol. The quantitative estimate of drug-likeness (QED) is 0.115. The molecular formula is C22F6N6Se2. The van der Waals surface area contributed by atoms with Gasteiger partial charge in [0.1, 0.15) is 0 Å². The summed E-state index contributed by atoms with van der Waals surface area (Å²) in [6, 6.07) is 4.57. The van der Waals surface area contributed by atoms with E-state index in [-0.39, 0.29) is 8.45 Å². The van der Waals surface area contributed by atoms with E-state index in [1.807, 2.05) is 0 Å². The molecule has 2 heterocycles. The third kappa shape index (κ3) is 2.94. The second-order valence-electron chi connectivity index (χ2n) is 6.95. The zero-order chi connectivity index (χ0) is 26.0. The van der Waals surface area contributed by atoms with Gasteiger partial charge in [-0.2, -0.15) is 0 Å². The number of halogens is 6. The van der Waals surface area contributed by atoms with Crippen LogP contribution in [-0.2, 0) is 0 Å². The number of fused-ring (bicyclic) bond motifs is 5. The monoisotopic (exact) mass is 622 g/mol. The normalized spacial score (nSPS) is 11.9. The van der Waals surface area contributed by atoms with Crippen LogP contribution in [0, 0.1) is 75.5 Å². The average molecular weight is 620 g/mol. The van der Waals surface area contributed by atoms with E-state index in [1.54, 1.807) is 0 Å². The Balaban J connectivity index is 2.15. The molecule has 0 aliphatic heterocycles. The fraction of sp³-hybridized carbons (Fsp3) is 0. The summed E-state index contributed by atoms with van der Waals surface area (Å²) in [6.07, 6.45) is 0. The van der Waals surface area contributed by atoms with Crippen molar-refractivity contribution in [1.82, 2.24) is 9.97 Å².